The van der Waals surface area contributed by atoms with Gasteiger partial charge in [0, 0.05) is 21.6 Å². The van der Waals surface area contributed by atoms with Crippen LogP contribution in [0.1, 0.15) is 5.56 Å². The van der Waals surface area contributed by atoms with E-state index in [1.165, 1.54) is 11.3 Å². The molecule has 0 saturated heterocycles. The minimum atomic E-state index is 0.142. The molecule has 4 aromatic rings. The van der Waals surface area contributed by atoms with Gasteiger partial charge in [-0.3, -0.25) is 4.98 Å². The molecule has 8 heteroatoms. The van der Waals surface area contributed by atoms with E-state index in [-0.39, 0.29) is 5.75 Å². The van der Waals surface area contributed by atoms with Crippen LogP contribution in [0.15, 0.2) is 85.5 Å². The maximum Gasteiger partial charge on any atom is 0.211 e. The zero-order chi connectivity index (χ0) is 18.6. The summed E-state index contributed by atoms with van der Waals surface area (Å²) in [7, 11) is 0. The average Bonchev–Trinajstić information content (AvgIpc) is 3.33. The van der Waals surface area contributed by atoms with E-state index in [0.29, 0.717) is 16.1 Å². The first-order chi connectivity index (χ1) is 13.2. The van der Waals surface area contributed by atoms with Crippen LogP contribution < -0.4 is 4.80 Å². The third-order valence-corrected chi connectivity index (χ3v) is 4.94. The van der Waals surface area contributed by atoms with Crippen molar-refractivity contribution in [3.63, 3.8) is 0 Å². The van der Waals surface area contributed by atoms with Crippen molar-refractivity contribution in [1.82, 2.24) is 9.66 Å². The van der Waals surface area contributed by atoms with E-state index in [1.54, 1.807) is 47.7 Å². The smallest absolute Gasteiger partial charge is 0.211 e. The van der Waals surface area contributed by atoms with Crippen LogP contribution in [0.5, 0.6) is 5.75 Å². The van der Waals surface area contributed by atoms with E-state index in [1.807, 2.05) is 29.6 Å². The van der Waals surface area contributed by atoms with Gasteiger partial charge in [0.05, 0.1) is 24.4 Å². The molecular weight excluding hydrogens is 428 g/mol. The predicted molar refractivity (Wildman–Crippen MR) is 108 cm³/mol. The molecule has 0 atom stereocenters. The Morgan fingerprint density at radius 3 is 2.93 bits per heavy atom. The van der Waals surface area contributed by atoms with Gasteiger partial charge in [0.15, 0.2) is 5.76 Å². The van der Waals surface area contributed by atoms with Crippen molar-refractivity contribution in [3.05, 3.63) is 81.3 Å². The average molecular weight is 441 g/mol. The summed E-state index contributed by atoms with van der Waals surface area (Å²) in [4.78, 5) is 9.36. The molecule has 134 valence electrons. The lowest BCUT2D eigenvalue weighted by atomic mass is 10.2. The molecule has 0 amide bonds. The topological polar surface area (TPSA) is 75.9 Å². The fourth-order valence-corrected chi connectivity index (χ4v) is 3.58. The number of phenols is 1. The minimum Gasteiger partial charge on any atom is -0.507 e. The Morgan fingerprint density at radius 2 is 2.15 bits per heavy atom. The number of pyridine rings is 1. The highest BCUT2D eigenvalue weighted by atomic mass is 79.9. The van der Waals surface area contributed by atoms with E-state index in [9.17, 15) is 5.11 Å². The summed E-state index contributed by atoms with van der Waals surface area (Å²) in [6.07, 6.45) is 6.57. The molecule has 4 rings (SSSR count). The lowest BCUT2D eigenvalue weighted by Crippen LogP contribution is -2.11. The molecule has 6 nitrogen and oxygen atoms in total. The van der Waals surface area contributed by atoms with Crippen LogP contribution in [-0.4, -0.2) is 21.0 Å². The van der Waals surface area contributed by atoms with Crippen molar-refractivity contribution in [1.29, 1.82) is 0 Å². The Hall–Kier alpha value is -2.97. The molecule has 1 aromatic carbocycles. The van der Waals surface area contributed by atoms with E-state index >= 15 is 0 Å². The van der Waals surface area contributed by atoms with E-state index < -0.39 is 0 Å². The first-order valence-corrected chi connectivity index (χ1v) is 9.60. The van der Waals surface area contributed by atoms with Crippen LogP contribution in [-0.2, 0) is 0 Å². The lowest BCUT2D eigenvalue weighted by Gasteiger charge is -2.02. The van der Waals surface area contributed by atoms with Crippen LogP contribution in [0, 0.1) is 0 Å². The number of benzene rings is 1. The largest absolute Gasteiger partial charge is 0.507 e. The van der Waals surface area contributed by atoms with E-state index in [2.05, 4.69) is 31.0 Å². The van der Waals surface area contributed by atoms with Gasteiger partial charge in [-0.15, -0.1) is 11.3 Å². The monoisotopic (exact) mass is 440 g/mol. The molecule has 1 N–H and O–H groups in total. The zero-order valence-corrected chi connectivity index (χ0v) is 16.3. The highest BCUT2D eigenvalue weighted by Crippen LogP contribution is 2.23. The van der Waals surface area contributed by atoms with Gasteiger partial charge in [0.25, 0.3) is 0 Å². The molecule has 0 fully saturated rings. The maximum absolute atomic E-state index is 10.1. The Bertz CT molecular complexity index is 1150. The number of furan rings is 1. The van der Waals surface area contributed by atoms with Gasteiger partial charge in [-0.25, -0.2) is 9.67 Å². The van der Waals surface area contributed by atoms with Crippen LogP contribution >= 0.6 is 27.3 Å². The Morgan fingerprint density at radius 1 is 1.22 bits per heavy atom. The van der Waals surface area contributed by atoms with Crippen LogP contribution in [0.2, 0.25) is 0 Å². The summed E-state index contributed by atoms with van der Waals surface area (Å²) in [6, 6.07) is 12.5. The van der Waals surface area contributed by atoms with Crippen molar-refractivity contribution in [2.45, 2.75) is 0 Å². The summed E-state index contributed by atoms with van der Waals surface area (Å²) in [5.41, 5.74) is 2.07. The maximum atomic E-state index is 10.1. The van der Waals surface area contributed by atoms with Gasteiger partial charge in [0.1, 0.15) is 11.4 Å². The molecule has 0 spiro atoms. The lowest BCUT2D eigenvalue weighted by molar-refractivity contribution is 0.474. The number of phenolic OH excluding ortho intramolecular Hbond substituents is 1. The Balaban J connectivity index is 1.84. The molecule has 0 aliphatic heterocycles. The summed E-state index contributed by atoms with van der Waals surface area (Å²) in [6.45, 7) is 0. The normalized spacial score (nSPS) is 12.1. The third kappa shape index (κ3) is 3.91. The fraction of sp³-hybridized carbons (Fsp3) is 0. The predicted octanol–water partition coefficient (Wildman–Crippen LogP) is 4.79. The van der Waals surface area contributed by atoms with Gasteiger partial charge in [-0.05, 0) is 42.5 Å². The van der Waals surface area contributed by atoms with Gasteiger partial charge >= 0.3 is 0 Å². The Labute approximate surface area is 166 Å². The van der Waals surface area contributed by atoms with Crippen molar-refractivity contribution in [3.8, 4) is 17.2 Å². The van der Waals surface area contributed by atoms with Gasteiger partial charge in [-0.2, -0.15) is 5.10 Å². The second-order valence-electron chi connectivity index (χ2n) is 5.46. The number of rotatable bonds is 4. The number of nitrogens with zero attached hydrogens (tertiary/aromatic N) is 4. The SMILES string of the molecule is Oc1ccc(Br)cc1C=Nn1c(-c2ccco2)csc1=Nc1cccnc1. The number of thiazole rings is 1. The molecule has 0 aliphatic carbocycles. The van der Waals surface area contributed by atoms with Crippen molar-refractivity contribution in [2.75, 3.05) is 0 Å². The molecule has 0 bridgehead atoms. The molecule has 3 aromatic heterocycles. The molecule has 27 heavy (non-hydrogen) atoms. The molecular formula is C19H13BrN4O2S. The fourth-order valence-electron chi connectivity index (χ4n) is 2.36. The number of hydrogen-bond donors (Lipinski definition) is 1. The molecule has 0 radical (unpaired) electrons. The summed E-state index contributed by atoms with van der Waals surface area (Å²) in [5, 5.41) is 16.5. The van der Waals surface area contributed by atoms with Gasteiger partial charge in [-0.1, -0.05) is 15.9 Å². The number of aromatic nitrogens is 2. The third-order valence-electron chi connectivity index (χ3n) is 3.63. The van der Waals surface area contributed by atoms with Crippen LogP contribution in [0.3, 0.4) is 0 Å². The summed E-state index contributed by atoms with van der Waals surface area (Å²) < 4.78 is 8.05. The molecule has 0 saturated carbocycles. The zero-order valence-electron chi connectivity index (χ0n) is 13.9. The Kier molecular flexibility index (Phi) is 4.99. The molecule has 0 unspecified atom stereocenters. The first kappa shape index (κ1) is 17.4. The van der Waals surface area contributed by atoms with E-state index in [4.69, 9.17) is 4.42 Å². The quantitative estimate of drug-likeness (QED) is 0.463. The van der Waals surface area contributed by atoms with Crippen molar-refractivity contribution >= 4 is 39.2 Å². The molecule has 0 aliphatic rings. The minimum absolute atomic E-state index is 0.142. The van der Waals surface area contributed by atoms with Crippen LogP contribution in [0.4, 0.5) is 5.69 Å². The first-order valence-electron chi connectivity index (χ1n) is 7.93. The van der Waals surface area contributed by atoms with Crippen LogP contribution in [0.25, 0.3) is 11.5 Å². The number of hydrogen-bond acceptors (Lipinski definition) is 6. The second kappa shape index (κ2) is 7.73. The molecule has 3 heterocycles. The van der Waals surface area contributed by atoms with Gasteiger partial charge < -0.3 is 9.52 Å². The number of aromatic hydroxyl groups is 1. The highest BCUT2D eigenvalue weighted by Gasteiger charge is 2.10. The summed E-state index contributed by atoms with van der Waals surface area (Å²) >= 11 is 4.84. The number of halogens is 1. The highest BCUT2D eigenvalue weighted by molar-refractivity contribution is 9.10. The standard InChI is InChI=1S/C19H13BrN4O2S/c20-14-5-6-17(25)13(9-14)10-22-24-16(18-4-2-8-26-18)12-27-19(24)23-15-3-1-7-21-11-15/h1-12,25H. The van der Waals surface area contributed by atoms with Crippen molar-refractivity contribution < 1.29 is 9.52 Å². The van der Waals surface area contributed by atoms with Gasteiger partial charge in [0.2, 0.25) is 4.80 Å². The van der Waals surface area contributed by atoms with E-state index in [0.717, 1.165) is 15.9 Å². The van der Waals surface area contributed by atoms with Crippen molar-refractivity contribution in [2.24, 2.45) is 10.1 Å². The second-order valence-corrected chi connectivity index (χ2v) is 7.22. The summed E-state index contributed by atoms with van der Waals surface area (Å²) in [5.74, 6) is 0.817.